The second-order valence-electron chi connectivity index (χ2n) is 14.5. The minimum atomic E-state index is -4.57. The van der Waals surface area contributed by atoms with Crippen molar-refractivity contribution in [1.29, 1.82) is 0 Å². The number of unbranched alkanes of at least 4 members (excludes halogenated alkanes) is 2. The molecule has 0 unspecified atom stereocenters. The first-order chi connectivity index (χ1) is 23.6. The average molecular weight is 716 g/mol. The highest BCUT2D eigenvalue weighted by atomic mass is 32.2. The maximum Gasteiger partial charge on any atom is 0.211 e. The Morgan fingerprint density at radius 2 is 1.69 bits per heavy atom. The Morgan fingerprint density at radius 1 is 0.941 bits per heavy atom. The van der Waals surface area contributed by atoms with Crippen LogP contribution in [0.4, 0.5) is 5.69 Å². The molecular weight excluding hydrogens is 665 g/mol. The molecule has 0 spiro atoms. The number of hydrogen-bond donors (Lipinski definition) is 0. The van der Waals surface area contributed by atoms with E-state index < -0.39 is 27.4 Å². The maximum atomic E-state index is 12.2. The van der Waals surface area contributed by atoms with Crippen LogP contribution >= 0.6 is 0 Å². The third-order valence-corrected chi connectivity index (χ3v) is 10.9. The van der Waals surface area contributed by atoms with Gasteiger partial charge in [0, 0.05) is 84.5 Å². The van der Waals surface area contributed by atoms with Crippen LogP contribution in [0.1, 0.15) is 111 Å². The van der Waals surface area contributed by atoms with Crippen molar-refractivity contribution in [2.75, 3.05) is 23.7 Å². The first-order valence-corrected chi connectivity index (χ1v) is 19.2. The summed E-state index contributed by atoms with van der Waals surface area (Å²) in [4.78, 5) is 18.1. The number of likely N-dealkylation sites (N-methyl/N-ethyl adjacent to an activating group) is 2. The number of anilines is 1. The smallest absolute Gasteiger partial charge is 0.211 e. The largest absolute Gasteiger partial charge is 0.748 e. The fourth-order valence-electron chi connectivity index (χ4n) is 8.15. The quantitative estimate of drug-likeness (QED) is 0.116. The predicted octanol–water partition coefficient (Wildman–Crippen LogP) is 4.83. The minimum absolute atomic E-state index is 0. The molecule has 4 heterocycles. The number of aryl methyl sites for hydroxylation is 1. The van der Waals surface area contributed by atoms with E-state index in [2.05, 4.69) is 66.9 Å². The summed E-state index contributed by atoms with van der Waals surface area (Å²) in [7, 11) is -4.57. The zero-order chi connectivity index (χ0) is 36.2. The monoisotopic (exact) mass is 715 g/mol. The number of carboxylic acid groups (broad SMARTS) is 1. The molecule has 6 rings (SSSR count). The number of ether oxygens (including phenoxy) is 1. The molecule has 0 radical (unpaired) electrons. The second kappa shape index (κ2) is 14.1. The Hall–Kier alpha value is -4.22. The van der Waals surface area contributed by atoms with E-state index >= 15 is 0 Å². The number of allylic oxidation sites excluding steroid dienone is 1. The van der Waals surface area contributed by atoms with E-state index in [1.54, 1.807) is 6.20 Å². The van der Waals surface area contributed by atoms with Crippen molar-refractivity contribution in [2.45, 2.75) is 106 Å². The van der Waals surface area contributed by atoms with Gasteiger partial charge in [-0.1, -0.05) is 26.8 Å². The van der Waals surface area contributed by atoms with Gasteiger partial charge in [0.1, 0.15) is 23.9 Å². The number of hydrogen-bond acceptors (Lipinski definition) is 8. The van der Waals surface area contributed by atoms with E-state index in [0.717, 1.165) is 64.6 Å². The lowest BCUT2D eigenvalue weighted by Crippen LogP contribution is -2.49. The number of fused-ring (bicyclic) bond motifs is 4. The Morgan fingerprint density at radius 3 is 2.33 bits per heavy atom. The summed E-state index contributed by atoms with van der Waals surface area (Å²) in [5.74, 6) is 0.400. The van der Waals surface area contributed by atoms with Gasteiger partial charge in [-0.3, -0.25) is 0 Å². The van der Waals surface area contributed by atoms with Gasteiger partial charge in [0.2, 0.25) is 5.36 Å². The number of carbonyl (C=O) groups is 1. The molecular formula is C40H51N4O6S-. The van der Waals surface area contributed by atoms with Crippen molar-refractivity contribution in [3.05, 3.63) is 81.9 Å². The van der Waals surface area contributed by atoms with Crippen LogP contribution in [0.2, 0.25) is 0 Å². The van der Waals surface area contributed by atoms with Gasteiger partial charge in [-0.25, -0.2) is 18.0 Å². The lowest BCUT2D eigenvalue weighted by molar-refractivity contribution is -0.305. The van der Waals surface area contributed by atoms with Crippen molar-refractivity contribution in [2.24, 2.45) is 0 Å². The summed E-state index contributed by atoms with van der Waals surface area (Å²) in [6, 6.07) is 8.29. The molecule has 0 atom stereocenters. The number of benzene rings is 2. The molecule has 2 aromatic carbocycles. The van der Waals surface area contributed by atoms with Crippen LogP contribution in [0.5, 0.6) is 11.5 Å². The van der Waals surface area contributed by atoms with Crippen molar-refractivity contribution >= 4 is 38.5 Å². The summed E-state index contributed by atoms with van der Waals surface area (Å²) < 4.78 is 47.9. The van der Waals surface area contributed by atoms with E-state index in [1.807, 2.05) is 38.3 Å². The van der Waals surface area contributed by atoms with Gasteiger partial charge in [0.25, 0.3) is 0 Å². The highest BCUT2D eigenvalue weighted by Crippen LogP contribution is 2.46. The zero-order valence-corrected chi connectivity index (χ0v) is 30.9. The fraction of sp³-hybridized carbons (Fsp3) is 0.475. The number of carboxylic acids is 1. The van der Waals surface area contributed by atoms with Crippen LogP contribution in [-0.2, 0) is 21.5 Å². The molecule has 0 N–H and O–H groups in total. The molecule has 3 aliphatic heterocycles. The van der Waals surface area contributed by atoms with Crippen LogP contribution in [-0.4, -0.2) is 58.4 Å². The molecule has 0 amide bonds. The second-order valence-corrected chi connectivity index (χ2v) is 15.9. The van der Waals surface area contributed by atoms with Gasteiger partial charge in [0.15, 0.2) is 5.54 Å². The lowest BCUT2D eigenvalue weighted by Gasteiger charge is -2.43. The van der Waals surface area contributed by atoms with Gasteiger partial charge in [-0.05, 0) is 82.7 Å². The molecule has 10 nitrogen and oxygen atoms in total. The highest BCUT2D eigenvalue weighted by molar-refractivity contribution is 7.86. The number of carbonyl (C=O) groups excluding carboxylic acids is 1. The Labute approximate surface area is 302 Å². The number of aromatic nitrogens is 2. The van der Waals surface area contributed by atoms with Crippen LogP contribution < -0.4 is 29.9 Å². The van der Waals surface area contributed by atoms with E-state index in [4.69, 9.17) is 9.72 Å². The van der Waals surface area contributed by atoms with E-state index in [-0.39, 0.29) is 19.4 Å². The molecule has 0 aliphatic carbocycles. The molecule has 274 valence electrons. The summed E-state index contributed by atoms with van der Waals surface area (Å²) >= 11 is 0. The Balaban J connectivity index is 0.00000504. The molecule has 0 saturated heterocycles. The predicted molar refractivity (Wildman–Crippen MR) is 200 cm³/mol. The summed E-state index contributed by atoms with van der Waals surface area (Å²) in [6.07, 6.45) is 10.8. The minimum Gasteiger partial charge on any atom is -0.748 e. The average Bonchev–Trinajstić information content (AvgIpc) is 3.48. The van der Waals surface area contributed by atoms with E-state index in [0.29, 0.717) is 42.1 Å². The van der Waals surface area contributed by atoms with Crippen LogP contribution in [0, 0.1) is 0 Å². The maximum absolute atomic E-state index is 12.2. The molecule has 0 saturated carbocycles. The van der Waals surface area contributed by atoms with Crippen molar-refractivity contribution in [1.82, 2.24) is 14.1 Å². The van der Waals surface area contributed by atoms with E-state index in [1.165, 1.54) is 5.57 Å². The molecule has 0 bridgehead atoms. The third-order valence-electron chi connectivity index (χ3n) is 10.2. The summed E-state index contributed by atoms with van der Waals surface area (Å²) in [5, 5.41) is 13.0. The third kappa shape index (κ3) is 7.15. The van der Waals surface area contributed by atoms with E-state index in [9.17, 15) is 22.9 Å². The van der Waals surface area contributed by atoms with Gasteiger partial charge in [-0.2, -0.15) is 0 Å². The molecule has 11 heteroatoms. The molecule has 1 aromatic heterocycles. The molecule has 3 aromatic rings. The van der Waals surface area contributed by atoms with Crippen LogP contribution in [0.15, 0.2) is 48.8 Å². The zero-order valence-electron chi connectivity index (χ0n) is 30.1. The Bertz CT molecular complexity index is 2180. The Kier molecular flexibility index (Phi) is 10.5. The van der Waals surface area contributed by atoms with Crippen molar-refractivity contribution in [3.8, 4) is 11.5 Å². The van der Waals surface area contributed by atoms with Gasteiger partial charge < -0.3 is 28.7 Å². The van der Waals surface area contributed by atoms with Crippen LogP contribution in [0.25, 0.3) is 16.7 Å². The first kappa shape index (κ1) is 38.0. The summed E-state index contributed by atoms with van der Waals surface area (Å²) in [5.41, 5.74) is 5.21. The standard InChI is InChI=1S/C39H48N4O6S.CH4/c1-8-25-22-38(4,5)42(9-2)31-20-33-29(18-27(25)31)36(37-40-15-17-41(37)16-13-11-12-14-35(44)45)30-19-28-26(24-50(46,47)48)23-39(6,7)43(10-3)32(28)21-34(30)49-33;/h15,17-23H,8-14,16,24H2,1-7H3,(H-,44,45,46,47,48);1H4/p-1. The number of aliphatic carboxylic acids is 1. The number of rotatable bonds is 12. The SMILES string of the molecule is C.CCC1=CC(C)(C)[N+](CC)=c2cc3c(cc21)=C(c1nccn1CCCCCC(=O)[O-])c1cc2c(cc1O3)N(CC)C(C)(C)C=C2CS(=O)(=O)[O-]. The van der Waals surface area contributed by atoms with Crippen molar-refractivity contribution < 1.29 is 27.6 Å². The molecule has 3 aliphatic rings. The first-order valence-electron chi connectivity index (χ1n) is 17.6. The highest BCUT2D eigenvalue weighted by Gasteiger charge is 2.37. The number of imidazole rings is 1. The topological polar surface area (TPSA) is 131 Å². The van der Waals surface area contributed by atoms with Gasteiger partial charge in [0.05, 0.1) is 27.5 Å². The number of nitrogens with zero attached hydrogens (tertiary/aromatic N) is 4. The lowest BCUT2D eigenvalue weighted by atomic mass is 9.85. The van der Waals surface area contributed by atoms with Gasteiger partial charge >= 0.3 is 0 Å². The summed E-state index contributed by atoms with van der Waals surface area (Å²) in [6.45, 7) is 17.0. The van der Waals surface area contributed by atoms with Crippen molar-refractivity contribution in [3.63, 3.8) is 0 Å². The molecule has 51 heavy (non-hydrogen) atoms. The molecule has 0 fully saturated rings. The fourth-order valence-corrected chi connectivity index (χ4v) is 8.77. The normalized spacial score (nSPS) is 16.9. The van der Waals surface area contributed by atoms with Crippen LogP contribution in [0.3, 0.4) is 0 Å². The van der Waals surface area contributed by atoms with Gasteiger partial charge in [-0.15, -0.1) is 0 Å².